The fourth-order valence-corrected chi connectivity index (χ4v) is 1.83. The Morgan fingerprint density at radius 1 is 1.15 bits per heavy atom. The molecule has 0 spiro atoms. The first-order valence-electron chi connectivity index (χ1n) is 5.83. The third-order valence-electron chi connectivity index (χ3n) is 2.84. The molecule has 0 radical (unpaired) electrons. The van der Waals surface area contributed by atoms with Crippen molar-refractivity contribution < 1.29 is 23.8 Å². The van der Waals surface area contributed by atoms with E-state index in [0.29, 0.717) is 17.1 Å². The van der Waals surface area contributed by atoms with Crippen molar-refractivity contribution >= 4 is 11.6 Å². The van der Waals surface area contributed by atoms with Gasteiger partial charge in [-0.1, -0.05) is 0 Å². The Kier molecular flexibility index (Phi) is 2.90. The Bertz CT molecular complexity index is 687. The highest BCUT2D eigenvalue weighted by Crippen LogP contribution is 2.32. The number of benzene rings is 2. The zero-order chi connectivity index (χ0) is 14.1. The van der Waals surface area contributed by atoms with E-state index in [1.165, 1.54) is 12.1 Å². The minimum Gasteiger partial charge on any atom is -0.505 e. The van der Waals surface area contributed by atoms with E-state index in [0.717, 1.165) is 6.07 Å². The van der Waals surface area contributed by atoms with Crippen LogP contribution in [-0.2, 0) is 0 Å². The summed E-state index contributed by atoms with van der Waals surface area (Å²) in [4.78, 5) is 12.0. The highest BCUT2D eigenvalue weighted by molar-refractivity contribution is 6.04. The normalized spacial score (nSPS) is 12.2. The van der Waals surface area contributed by atoms with E-state index in [9.17, 15) is 9.18 Å². The van der Waals surface area contributed by atoms with E-state index in [1.54, 1.807) is 18.2 Å². The average Bonchev–Trinajstić information content (AvgIpc) is 2.90. The number of fused-ring (bicyclic) bond motifs is 1. The standard InChI is InChI=1S/C14H10FNO4/c15-10-6-9(2-3-11(10)17)16-14(18)8-1-4-12-13(5-8)20-7-19-12/h1-6,17H,7H2,(H,16,18). The van der Waals surface area contributed by atoms with Gasteiger partial charge in [0, 0.05) is 17.3 Å². The van der Waals surface area contributed by atoms with Crippen LogP contribution in [0.4, 0.5) is 10.1 Å². The molecule has 1 amide bonds. The summed E-state index contributed by atoms with van der Waals surface area (Å²) in [5.74, 6) is -0.597. The quantitative estimate of drug-likeness (QED) is 0.826. The van der Waals surface area contributed by atoms with E-state index >= 15 is 0 Å². The molecule has 0 saturated heterocycles. The molecule has 102 valence electrons. The molecule has 2 aromatic rings. The van der Waals surface area contributed by atoms with Crippen molar-refractivity contribution in [1.29, 1.82) is 0 Å². The molecule has 0 unspecified atom stereocenters. The van der Waals surface area contributed by atoms with E-state index in [-0.39, 0.29) is 12.5 Å². The second-order valence-corrected chi connectivity index (χ2v) is 4.19. The fraction of sp³-hybridized carbons (Fsp3) is 0.0714. The lowest BCUT2D eigenvalue weighted by atomic mass is 10.2. The van der Waals surface area contributed by atoms with Gasteiger partial charge in [0.15, 0.2) is 23.1 Å². The van der Waals surface area contributed by atoms with Crippen LogP contribution in [0.1, 0.15) is 10.4 Å². The fourth-order valence-electron chi connectivity index (χ4n) is 1.83. The van der Waals surface area contributed by atoms with Crippen molar-refractivity contribution in [2.45, 2.75) is 0 Å². The van der Waals surface area contributed by atoms with Crippen molar-refractivity contribution in [3.8, 4) is 17.2 Å². The van der Waals surface area contributed by atoms with Gasteiger partial charge in [-0.15, -0.1) is 0 Å². The van der Waals surface area contributed by atoms with Crippen LogP contribution < -0.4 is 14.8 Å². The third kappa shape index (κ3) is 2.23. The van der Waals surface area contributed by atoms with Crippen LogP contribution >= 0.6 is 0 Å². The predicted octanol–water partition coefficient (Wildman–Crippen LogP) is 2.51. The lowest BCUT2D eigenvalue weighted by molar-refractivity contribution is 0.102. The summed E-state index contributed by atoms with van der Waals surface area (Å²) in [5, 5.41) is 11.6. The number of hydrogen-bond acceptors (Lipinski definition) is 4. The van der Waals surface area contributed by atoms with E-state index in [2.05, 4.69) is 5.32 Å². The number of aromatic hydroxyl groups is 1. The molecule has 20 heavy (non-hydrogen) atoms. The van der Waals surface area contributed by atoms with Gasteiger partial charge in [0.2, 0.25) is 6.79 Å². The largest absolute Gasteiger partial charge is 0.505 e. The van der Waals surface area contributed by atoms with Gasteiger partial charge in [-0.05, 0) is 30.3 Å². The summed E-state index contributed by atoms with van der Waals surface area (Å²) >= 11 is 0. The second kappa shape index (κ2) is 4.73. The number of carbonyl (C=O) groups is 1. The molecular formula is C14H10FNO4. The topological polar surface area (TPSA) is 67.8 Å². The lowest BCUT2D eigenvalue weighted by Gasteiger charge is -2.06. The maximum atomic E-state index is 13.2. The molecule has 2 aromatic carbocycles. The minimum atomic E-state index is -0.798. The molecule has 1 aliphatic rings. The number of halogens is 1. The molecular weight excluding hydrogens is 265 g/mol. The van der Waals surface area contributed by atoms with Gasteiger partial charge < -0.3 is 19.9 Å². The Labute approximate surface area is 113 Å². The number of amides is 1. The number of hydrogen-bond donors (Lipinski definition) is 2. The number of anilines is 1. The Balaban J connectivity index is 1.80. The maximum Gasteiger partial charge on any atom is 0.255 e. The number of rotatable bonds is 2. The molecule has 1 heterocycles. The van der Waals surface area contributed by atoms with Gasteiger partial charge in [0.05, 0.1) is 0 Å². The first kappa shape index (κ1) is 12.3. The number of ether oxygens (including phenoxy) is 2. The summed E-state index contributed by atoms with van der Waals surface area (Å²) in [7, 11) is 0. The maximum absolute atomic E-state index is 13.2. The molecule has 2 N–H and O–H groups in total. The molecule has 0 aliphatic carbocycles. The number of nitrogens with one attached hydrogen (secondary N) is 1. The Morgan fingerprint density at radius 3 is 2.75 bits per heavy atom. The van der Waals surface area contributed by atoms with Crippen LogP contribution in [0.5, 0.6) is 17.2 Å². The smallest absolute Gasteiger partial charge is 0.255 e. The van der Waals surface area contributed by atoms with Crippen LogP contribution in [-0.4, -0.2) is 17.8 Å². The van der Waals surface area contributed by atoms with Crippen molar-refractivity contribution in [1.82, 2.24) is 0 Å². The van der Waals surface area contributed by atoms with Crippen LogP contribution in [0.15, 0.2) is 36.4 Å². The van der Waals surface area contributed by atoms with Crippen molar-refractivity contribution in [3.63, 3.8) is 0 Å². The molecule has 0 aromatic heterocycles. The van der Waals surface area contributed by atoms with Crippen LogP contribution in [0.25, 0.3) is 0 Å². The lowest BCUT2D eigenvalue weighted by Crippen LogP contribution is -2.11. The van der Waals surface area contributed by atoms with Crippen molar-refractivity contribution in [3.05, 3.63) is 47.8 Å². The second-order valence-electron chi connectivity index (χ2n) is 4.19. The summed E-state index contributed by atoms with van der Waals surface area (Å²) < 4.78 is 23.5. The van der Waals surface area contributed by atoms with E-state index < -0.39 is 17.5 Å². The third-order valence-corrected chi connectivity index (χ3v) is 2.84. The molecule has 0 saturated carbocycles. The molecule has 3 rings (SSSR count). The van der Waals surface area contributed by atoms with E-state index in [1.807, 2.05) is 0 Å². The number of phenolic OH excluding ortho intramolecular Hbond substituents is 1. The molecule has 6 heteroatoms. The molecule has 1 aliphatic heterocycles. The minimum absolute atomic E-state index is 0.129. The van der Waals surface area contributed by atoms with Crippen molar-refractivity contribution in [2.24, 2.45) is 0 Å². The van der Waals surface area contributed by atoms with Crippen LogP contribution in [0, 0.1) is 5.82 Å². The summed E-state index contributed by atoms with van der Waals surface area (Å²) in [5.41, 5.74) is 0.616. The van der Waals surface area contributed by atoms with Gasteiger partial charge in [0.1, 0.15) is 0 Å². The van der Waals surface area contributed by atoms with E-state index in [4.69, 9.17) is 14.6 Å². The highest BCUT2D eigenvalue weighted by Gasteiger charge is 2.16. The van der Waals surface area contributed by atoms with Crippen LogP contribution in [0.3, 0.4) is 0 Å². The van der Waals surface area contributed by atoms with Gasteiger partial charge >= 0.3 is 0 Å². The summed E-state index contributed by atoms with van der Waals surface area (Å²) in [6.45, 7) is 0.129. The van der Waals surface area contributed by atoms with Gasteiger partial charge in [-0.25, -0.2) is 4.39 Å². The molecule has 5 nitrogen and oxygen atoms in total. The van der Waals surface area contributed by atoms with Crippen LogP contribution in [0.2, 0.25) is 0 Å². The summed E-state index contributed by atoms with van der Waals surface area (Å²) in [6, 6.07) is 8.39. The zero-order valence-electron chi connectivity index (χ0n) is 10.2. The first-order valence-corrected chi connectivity index (χ1v) is 5.83. The first-order chi connectivity index (χ1) is 9.63. The SMILES string of the molecule is O=C(Nc1ccc(O)c(F)c1)c1ccc2c(c1)OCO2. The average molecular weight is 275 g/mol. The highest BCUT2D eigenvalue weighted by atomic mass is 19.1. The Hall–Kier alpha value is -2.76. The monoisotopic (exact) mass is 275 g/mol. The predicted molar refractivity (Wildman–Crippen MR) is 68.6 cm³/mol. The summed E-state index contributed by atoms with van der Waals surface area (Å²) in [6.07, 6.45) is 0. The van der Waals surface area contributed by atoms with Gasteiger partial charge in [-0.2, -0.15) is 0 Å². The molecule has 0 atom stereocenters. The van der Waals surface area contributed by atoms with Gasteiger partial charge in [-0.3, -0.25) is 4.79 Å². The van der Waals surface area contributed by atoms with Crippen molar-refractivity contribution in [2.75, 3.05) is 12.1 Å². The molecule has 0 bridgehead atoms. The zero-order valence-corrected chi connectivity index (χ0v) is 10.2. The Morgan fingerprint density at radius 2 is 1.95 bits per heavy atom. The number of carbonyl (C=O) groups excluding carboxylic acids is 1. The number of phenols is 1. The van der Waals surface area contributed by atoms with Gasteiger partial charge in [0.25, 0.3) is 5.91 Å². The molecule has 0 fully saturated rings.